The van der Waals surface area contributed by atoms with E-state index in [2.05, 4.69) is 0 Å². The Morgan fingerprint density at radius 2 is 2.11 bits per heavy atom. The zero-order valence-electron chi connectivity index (χ0n) is 10.8. The molecule has 2 aromatic rings. The molecule has 1 aromatic heterocycles. The Kier molecular flexibility index (Phi) is 3.13. The molecule has 0 aliphatic heterocycles. The summed E-state index contributed by atoms with van der Waals surface area (Å²) in [5, 5.41) is 19.8. The summed E-state index contributed by atoms with van der Waals surface area (Å²) in [6.45, 7) is 6.33. The quantitative estimate of drug-likeness (QED) is 0.876. The molecule has 0 aliphatic carbocycles. The van der Waals surface area contributed by atoms with E-state index in [9.17, 15) is 15.0 Å². The van der Waals surface area contributed by atoms with Crippen molar-refractivity contribution in [1.82, 2.24) is 4.57 Å². The SMILES string of the molecule is CCn1c(C)c(C(C)O)c2c(C(=O)O)cccc21. The Bertz CT molecular complexity index is 611. The second-order valence-corrected chi connectivity index (χ2v) is 4.42. The van der Waals surface area contributed by atoms with E-state index in [4.69, 9.17) is 0 Å². The number of aryl methyl sites for hydroxylation is 1. The van der Waals surface area contributed by atoms with Gasteiger partial charge in [0.25, 0.3) is 0 Å². The van der Waals surface area contributed by atoms with Crippen LogP contribution in [0, 0.1) is 6.92 Å². The first-order valence-electron chi connectivity index (χ1n) is 6.02. The third-order valence-corrected chi connectivity index (χ3v) is 3.36. The maximum absolute atomic E-state index is 11.3. The number of rotatable bonds is 3. The molecule has 1 aromatic carbocycles. The van der Waals surface area contributed by atoms with E-state index in [0.29, 0.717) is 10.9 Å². The maximum atomic E-state index is 11.3. The minimum Gasteiger partial charge on any atom is -0.478 e. The molecule has 4 nitrogen and oxygen atoms in total. The van der Waals surface area contributed by atoms with Gasteiger partial charge in [0, 0.05) is 28.7 Å². The summed E-state index contributed by atoms with van der Waals surface area (Å²) in [5.74, 6) is -0.962. The molecule has 0 saturated carbocycles. The van der Waals surface area contributed by atoms with Crippen molar-refractivity contribution in [3.8, 4) is 0 Å². The predicted octanol–water partition coefficient (Wildman–Crippen LogP) is 2.72. The van der Waals surface area contributed by atoms with Crippen LogP contribution in [0.2, 0.25) is 0 Å². The lowest BCUT2D eigenvalue weighted by Crippen LogP contribution is -2.00. The topological polar surface area (TPSA) is 62.5 Å². The molecular weight excluding hydrogens is 230 g/mol. The number of carboxylic acids is 1. The van der Waals surface area contributed by atoms with Crippen LogP contribution in [-0.2, 0) is 6.54 Å². The number of aliphatic hydroxyl groups is 1. The molecule has 0 saturated heterocycles. The monoisotopic (exact) mass is 247 g/mol. The van der Waals surface area contributed by atoms with Crippen molar-refractivity contribution < 1.29 is 15.0 Å². The van der Waals surface area contributed by atoms with Crippen molar-refractivity contribution in [1.29, 1.82) is 0 Å². The van der Waals surface area contributed by atoms with Crippen molar-refractivity contribution in [2.24, 2.45) is 0 Å². The molecular formula is C14H17NO3. The summed E-state index contributed by atoms with van der Waals surface area (Å²) in [5.41, 5.74) is 2.76. The molecule has 2 N–H and O–H groups in total. The van der Waals surface area contributed by atoms with Crippen LogP contribution >= 0.6 is 0 Å². The Hall–Kier alpha value is -1.81. The molecule has 4 heteroatoms. The number of nitrogens with zero attached hydrogens (tertiary/aromatic N) is 1. The van der Waals surface area contributed by atoms with Gasteiger partial charge >= 0.3 is 5.97 Å². The lowest BCUT2D eigenvalue weighted by atomic mass is 10.0. The number of aliphatic hydroxyl groups excluding tert-OH is 1. The van der Waals surface area contributed by atoms with Gasteiger partial charge in [-0.3, -0.25) is 0 Å². The van der Waals surface area contributed by atoms with Crippen LogP contribution in [-0.4, -0.2) is 20.7 Å². The Morgan fingerprint density at radius 1 is 1.44 bits per heavy atom. The van der Waals surface area contributed by atoms with Gasteiger partial charge in [0.05, 0.1) is 11.7 Å². The molecule has 0 radical (unpaired) electrons. The molecule has 96 valence electrons. The highest BCUT2D eigenvalue weighted by Gasteiger charge is 2.21. The van der Waals surface area contributed by atoms with Gasteiger partial charge in [-0.1, -0.05) is 6.07 Å². The molecule has 0 bridgehead atoms. The van der Waals surface area contributed by atoms with Gasteiger partial charge in [-0.25, -0.2) is 4.79 Å². The van der Waals surface area contributed by atoms with Crippen LogP contribution in [0.4, 0.5) is 0 Å². The summed E-state index contributed by atoms with van der Waals surface area (Å²) in [7, 11) is 0. The van der Waals surface area contributed by atoms with Gasteiger partial charge in [0.2, 0.25) is 0 Å². The predicted molar refractivity (Wildman–Crippen MR) is 69.9 cm³/mol. The van der Waals surface area contributed by atoms with E-state index in [1.807, 2.05) is 24.5 Å². The summed E-state index contributed by atoms with van der Waals surface area (Å²) >= 11 is 0. The standard InChI is InChI=1S/C14H17NO3/c1-4-15-8(2)12(9(3)16)13-10(14(17)18)6-5-7-11(13)15/h5-7,9,16H,4H2,1-3H3,(H,17,18). The third-order valence-electron chi connectivity index (χ3n) is 3.36. The normalized spacial score (nSPS) is 12.9. The zero-order valence-corrected chi connectivity index (χ0v) is 10.8. The fraction of sp³-hybridized carbons (Fsp3) is 0.357. The molecule has 1 heterocycles. The van der Waals surface area contributed by atoms with Gasteiger partial charge in [-0.15, -0.1) is 0 Å². The van der Waals surface area contributed by atoms with Crippen LogP contribution in [0.25, 0.3) is 10.9 Å². The van der Waals surface area contributed by atoms with Crippen molar-refractivity contribution in [3.05, 3.63) is 35.0 Å². The number of benzene rings is 1. The van der Waals surface area contributed by atoms with Crippen molar-refractivity contribution >= 4 is 16.9 Å². The Labute approximate surface area is 105 Å². The molecule has 0 spiro atoms. The fourth-order valence-electron chi connectivity index (χ4n) is 2.65. The number of aromatic carboxylic acids is 1. The van der Waals surface area contributed by atoms with Gasteiger partial charge in [-0.2, -0.15) is 0 Å². The van der Waals surface area contributed by atoms with E-state index in [-0.39, 0.29) is 5.56 Å². The second-order valence-electron chi connectivity index (χ2n) is 4.42. The fourth-order valence-corrected chi connectivity index (χ4v) is 2.65. The summed E-state index contributed by atoms with van der Waals surface area (Å²) in [4.78, 5) is 11.3. The van der Waals surface area contributed by atoms with Crippen molar-refractivity contribution in [3.63, 3.8) is 0 Å². The van der Waals surface area contributed by atoms with Crippen LogP contribution in [0.5, 0.6) is 0 Å². The molecule has 18 heavy (non-hydrogen) atoms. The average Bonchev–Trinajstić information content (AvgIpc) is 2.59. The second kappa shape index (κ2) is 4.46. The molecule has 0 fully saturated rings. The van der Waals surface area contributed by atoms with Crippen molar-refractivity contribution in [2.75, 3.05) is 0 Å². The van der Waals surface area contributed by atoms with E-state index in [1.54, 1.807) is 19.1 Å². The van der Waals surface area contributed by atoms with E-state index in [0.717, 1.165) is 17.8 Å². The van der Waals surface area contributed by atoms with Gasteiger partial charge in [0.15, 0.2) is 0 Å². The number of carboxylic acid groups (broad SMARTS) is 1. The molecule has 0 amide bonds. The highest BCUT2D eigenvalue weighted by atomic mass is 16.4. The Balaban J connectivity index is 2.96. The smallest absolute Gasteiger partial charge is 0.336 e. The third kappa shape index (κ3) is 1.69. The largest absolute Gasteiger partial charge is 0.478 e. The minimum absolute atomic E-state index is 0.249. The molecule has 1 unspecified atom stereocenters. The maximum Gasteiger partial charge on any atom is 0.336 e. The van der Waals surface area contributed by atoms with E-state index >= 15 is 0 Å². The van der Waals surface area contributed by atoms with Crippen LogP contribution in [0.1, 0.15) is 41.6 Å². The van der Waals surface area contributed by atoms with E-state index < -0.39 is 12.1 Å². The first-order chi connectivity index (χ1) is 8.49. The molecule has 1 atom stereocenters. The van der Waals surface area contributed by atoms with Crippen LogP contribution in [0.3, 0.4) is 0 Å². The highest BCUT2D eigenvalue weighted by molar-refractivity contribution is 6.05. The number of carbonyl (C=O) groups is 1. The lowest BCUT2D eigenvalue weighted by molar-refractivity contribution is 0.0699. The first-order valence-corrected chi connectivity index (χ1v) is 6.02. The highest BCUT2D eigenvalue weighted by Crippen LogP contribution is 2.33. The average molecular weight is 247 g/mol. The number of aromatic nitrogens is 1. The first kappa shape index (κ1) is 12.6. The van der Waals surface area contributed by atoms with Gasteiger partial charge in [-0.05, 0) is 32.9 Å². The number of fused-ring (bicyclic) bond motifs is 1. The summed E-state index contributed by atoms with van der Waals surface area (Å²) in [6.07, 6.45) is -0.680. The summed E-state index contributed by atoms with van der Waals surface area (Å²) in [6, 6.07) is 5.21. The van der Waals surface area contributed by atoms with Crippen LogP contribution in [0.15, 0.2) is 18.2 Å². The Morgan fingerprint density at radius 3 is 2.61 bits per heavy atom. The van der Waals surface area contributed by atoms with Crippen molar-refractivity contribution in [2.45, 2.75) is 33.4 Å². The number of hydrogen-bond acceptors (Lipinski definition) is 2. The van der Waals surface area contributed by atoms with E-state index in [1.165, 1.54) is 0 Å². The zero-order chi connectivity index (χ0) is 13.4. The summed E-state index contributed by atoms with van der Waals surface area (Å²) < 4.78 is 2.03. The van der Waals surface area contributed by atoms with Gasteiger partial charge in [0.1, 0.15) is 0 Å². The minimum atomic E-state index is -0.962. The van der Waals surface area contributed by atoms with Gasteiger partial charge < -0.3 is 14.8 Å². The molecule has 2 rings (SSSR count). The number of hydrogen-bond donors (Lipinski definition) is 2. The molecule has 0 aliphatic rings. The lowest BCUT2D eigenvalue weighted by Gasteiger charge is -2.07. The van der Waals surface area contributed by atoms with Crippen LogP contribution < -0.4 is 0 Å².